The molecule has 2 N–H and O–H groups in total. The van der Waals surface area contributed by atoms with Crippen molar-refractivity contribution in [3.05, 3.63) is 35.4 Å². The Morgan fingerprint density at radius 3 is 2.60 bits per heavy atom. The van der Waals surface area contributed by atoms with Gasteiger partial charge in [-0.15, -0.1) is 0 Å². The molecule has 1 heterocycles. The third-order valence-corrected chi connectivity index (χ3v) is 3.64. The van der Waals surface area contributed by atoms with Gasteiger partial charge < -0.3 is 20.1 Å². The van der Waals surface area contributed by atoms with E-state index >= 15 is 0 Å². The van der Waals surface area contributed by atoms with Crippen LogP contribution in [0, 0.1) is 0 Å². The quantitative estimate of drug-likeness (QED) is 0.783. The number of fused-ring (bicyclic) bond motifs is 1. The molecule has 0 saturated heterocycles. The average Bonchev–Trinajstić information content (AvgIpc) is 2.48. The number of carbonyl (C=O) groups excluding carboxylic acids is 1. The summed E-state index contributed by atoms with van der Waals surface area (Å²) < 4.78 is 10.3. The summed E-state index contributed by atoms with van der Waals surface area (Å²) in [6.07, 6.45) is 0.272. The van der Waals surface area contributed by atoms with Crippen molar-refractivity contribution in [2.45, 2.75) is 38.3 Å². The van der Waals surface area contributed by atoms with Crippen molar-refractivity contribution < 1.29 is 14.3 Å². The number of ether oxygens (including phenoxy) is 2. The van der Waals surface area contributed by atoms with E-state index < -0.39 is 6.29 Å². The Labute approximate surface area is 119 Å². The fourth-order valence-corrected chi connectivity index (χ4v) is 2.54. The second kappa shape index (κ2) is 6.83. The molecule has 0 radical (unpaired) electrons. The molecule has 110 valence electrons. The van der Waals surface area contributed by atoms with Crippen LogP contribution in [0.3, 0.4) is 0 Å². The number of hydrogen-bond acceptors (Lipinski definition) is 4. The van der Waals surface area contributed by atoms with E-state index in [4.69, 9.17) is 9.47 Å². The summed E-state index contributed by atoms with van der Waals surface area (Å²) in [5.41, 5.74) is 2.49. The first kappa shape index (κ1) is 15.0. The van der Waals surface area contributed by atoms with E-state index in [0.717, 1.165) is 6.54 Å². The van der Waals surface area contributed by atoms with E-state index in [-0.39, 0.29) is 18.0 Å². The summed E-state index contributed by atoms with van der Waals surface area (Å²) in [4.78, 5) is 12.3. The van der Waals surface area contributed by atoms with Gasteiger partial charge in [0, 0.05) is 20.8 Å². The summed E-state index contributed by atoms with van der Waals surface area (Å²) in [7, 11) is 3.12. The molecule has 2 atom stereocenters. The summed E-state index contributed by atoms with van der Waals surface area (Å²) >= 11 is 0. The highest BCUT2D eigenvalue weighted by Gasteiger charge is 2.26. The smallest absolute Gasteiger partial charge is 0.237 e. The second-order valence-corrected chi connectivity index (χ2v) is 5.04. The van der Waals surface area contributed by atoms with Gasteiger partial charge in [0.15, 0.2) is 6.29 Å². The molecule has 0 aromatic heterocycles. The van der Waals surface area contributed by atoms with Crippen molar-refractivity contribution in [1.29, 1.82) is 0 Å². The van der Waals surface area contributed by atoms with Gasteiger partial charge in [-0.2, -0.15) is 0 Å². The van der Waals surface area contributed by atoms with Gasteiger partial charge in [0.2, 0.25) is 5.91 Å². The minimum atomic E-state index is -0.435. The molecule has 20 heavy (non-hydrogen) atoms. The lowest BCUT2D eigenvalue weighted by atomic mass is 9.95. The minimum Gasteiger partial charge on any atom is -0.354 e. The number of nitrogens with one attached hydrogen (secondary N) is 2. The monoisotopic (exact) mass is 278 g/mol. The van der Waals surface area contributed by atoms with Gasteiger partial charge in [0.1, 0.15) is 0 Å². The molecule has 1 aliphatic rings. The lowest BCUT2D eigenvalue weighted by Gasteiger charge is -2.28. The zero-order chi connectivity index (χ0) is 14.5. The number of methoxy groups -OCH3 is 2. The predicted molar refractivity (Wildman–Crippen MR) is 76.2 cm³/mol. The molecular weight excluding hydrogens is 256 g/mol. The molecule has 1 amide bonds. The number of carbonyl (C=O) groups is 1. The van der Waals surface area contributed by atoms with Crippen LogP contribution < -0.4 is 10.6 Å². The molecule has 1 unspecified atom stereocenters. The van der Waals surface area contributed by atoms with E-state index in [1.807, 2.05) is 19.1 Å². The van der Waals surface area contributed by atoms with Crippen LogP contribution in [0.1, 0.15) is 18.1 Å². The van der Waals surface area contributed by atoms with Crippen LogP contribution in [-0.4, -0.2) is 38.5 Å². The summed E-state index contributed by atoms with van der Waals surface area (Å²) in [5, 5.41) is 6.19. The number of amides is 1. The molecule has 0 spiro atoms. The Morgan fingerprint density at radius 1 is 1.30 bits per heavy atom. The van der Waals surface area contributed by atoms with Crippen molar-refractivity contribution in [2.24, 2.45) is 0 Å². The van der Waals surface area contributed by atoms with Crippen LogP contribution in [-0.2, 0) is 27.2 Å². The Morgan fingerprint density at radius 2 is 1.95 bits per heavy atom. The van der Waals surface area contributed by atoms with Crippen molar-refractivity contribution >= 4 is 5.91 Å². The lowest BCUT2D eigenvalue weighted by Crippen LogP contribution is -2.52. The maximum absolute atomic E-state index is 12.3. The lowest BCUT2D eigenvalue weighted by molar-refractivity contribution is -0.137. The number of hydrogen-bond donors (Lipinski definition) is 2. The predicted octanol–water partition coefficient (Wildman–Crippen LogP) is 0.824. The second-order valence-electron chi connectivity index (χ2n) is 5.04. The molecule has 0 saturated carbocycles. The summed E-state index contributed by atoms with van der Waals surface area (Å²) in [6, 6.07) is 7.79. The van der Waals surface area contributed by atoms with Gasteiger partial charge >= 0.3 is 0 Å². The van der Waals surface area contributed by atoms with Crippen LogP contribution in [0.2, 0.25) is 0 Å². The Hall–Kier alpha value is -1.43. The van der Waals surface area contributed by atoms with Gasteiger partial charge in [0.25, 0.3) is 0 Å². The number of benzene rings is 1. The zero-order valence-corrected chi connectivity index (χ0v) is 12.2. The van der Waals surface area contributed by atoms with Crippen LogP contribution in [0.15, 0.2) is 24.3 Å². The highest BCUT2D eigenvalue weighted by molar-refractivity contribution is 5.82. The summed E-state index contributed by atoms with van der Waals surface area (Å²) in [6.45, 7) is 2.59. The van der Waals surface area contributed by atoms with E-state index in [1.165, 1.54) is 11.1 Å². The van der Waals surface area contributed by atoms with Crippen molar-refractivity contribution in [3.8, 4) is 0 Å². The molecule has 5 heteroatoms. The molecule has 1 aromatic rings. The molecule has 5 nitrogen and oxygen atoms in total. The van der Waals surface area contributed by atoms with E-state index in [0.29, 0.717) is 6.42 Å². The van der Waals surface area contributed by atoms with Crippen LogP contribution in [0.25, 0.3) is 0 Å². The fraction of sp³-hybridized carbons (Fsp3) is 0.533. The SMILES string of the molecule is COC(OC)C(C)NC(=O)[C@@H]1Cc2ccccc2CN1. The topological polar surface area (TPSA) is 59.6 Å². The standard InChI is InChI=1S/C15H22N2O3/c1-10(15(19-2)20-3)17-14(18)13-8-11-6-4-5-7-12(11)9-16-13/h4-7,10,13,15-16H,8-9H2,1-3H3,(H,17,18)/t10?,13-/m0/s1. The van der Waals surface area contributed by atoms with Gasteiger partial charge in [0.05, 0.1) is 12.1 Å². The Bertz CT molecular complexity index is 460. The Balaban J connectivity index is 1.95. The van der Waals surface area contributed by atoms with E-state index in [9.17, 15) is 4.79 Å². The molecule has 1 aromatic carbocycles. The van der Waals surface area contributed by atoms with Crippen LogP contribution in [0.4, 0.5) is 0 Å². The first-order valence-corrected chi connectivity index (χ1v) is 6.81. The maximum Gasteiger partial charge on any atom is 0.237 e. The maximum atomic E-state index is 12.3. The fourth-order valence-electron chi connectivity index (χ4n) is 2.54. The van der Waals surface area contributed by atoms with Gasteiger partial charge in [-0.05, 0) is 24.5 Å². The van der Waals surface area contributed by atoms with Crippen LogP contribution >= 0.6 is 0 Å². The van der Waals surface area contributed by atoms with Crippen molar-refractivity contribution in [1.82, 2.24) is 10.6 Å². The normalized spacial score (nSPS) is 19.5. The van der Waals surface area contributed by atoms with E-state index in [1.54, 1.807) is 14.2 Å². The molecular formula is C15H22N2O3. The number of rotatable bonds is 5. The Kier molecular flexibility index (Phi) is 5.11. The zero-order valence-electron chi connectivity index (χ0n) is 12.2. The van der Waals surface area contributed by atoms with Gasteiger partial charge in [-0.3, -0.25) is 4.79 Å². The van der Waals surface area contributed by atoms with Crippen LogP contribution in [0.5, 0.6) is 0 Å². The van der Waals surface area contributed by atoms with Gasteiger partial charge in [-0.25, -0.2) is 0 Å². The highest BCUT2D eigenvalue weighted by Crippen LogP contribution is 2.16. The largest absolute Gasteiger partial charge is 0.354 e. The van der Waals surface area contributed by atoms with Crippen molar-refractivity contribution in [2.75, 3.05) is 14.2 Å². The van der Waals surface area contributed by atoms with Gasteiger partial charge in [-0.1, -0.05) is 24.3 Å². The van der Waals surface area contributed by atoms with E-state index in [2.05, 4.69) is 22.8 Å². The molecule has 0 bridgehead atoms. The first-order chi connectivity index (χ1) is 9.65. The third-order valence-electron chi connectivity index (χ3n) is 3.64. The third kappa shape index (κ3) is 3.36. The molecule has 0 fully saturated rings. The molecule has 0 aliphatic carbocycles. The summed E-state index contributed by atoms with van der Waals surface area (Å²) in [5.74, 6) is -0.0221. The first-order valence-electron chi connectivity index (χ1n) is 6.81. The average molecular weight is 278 g/mol. The molecule has 2 rings (SSSR count). The highest BCUT2D eigenvalue weighted by atomic mass is 16.7. The minimum absolute atomic E-state index is 0.0221. The van der Waals surface area contributed by atoms with Crippen molar-refractivity contribution in [3.63, 3.8) is 0 Å². The molecule has 1 aliphatic heterocycles.